The van der Waals surface area contributed by atoms with E-state index in [0.717, 1.165) is 19.8 Å². The summed E-state index contributed by atoms with van der Waals surface area (Å²) in [6.45, 7) is -0.0460. The van der Waals surface area contributed by atoms with E-state index >= 15 is 0 Å². The monoisotopic (exact) mass is 672 g/mol. The Balaban J connectivity index is 0.000000469. The number of nitrogens with two attached hydrogens (primary N) is 1. The fraction of sp³-hybridized carbons (Fsp3) is 0.300. The van der Waals surface area contributed by atoms with Crippen LogP contribution in [-0.4, -0.2) is 44.3 Å². The van der Waals surface area contributed by atoms with Crippen molar-refractivity contribution in [2.45, 2.75) is 43.4 Å². The van der Waals surface area contributed by atoms with E-state index in [2.05, 4.69) is 14.8 Å². The van der Waals surface area contributed by atoms with E-state index in [-0.39, 0.29) is 34.7 Å². The Bertz CT molecular complexity index is 1270. The van der Waals surface area contributed by atoms with Crippen molar-refractivity contribution in [1.29, 1.82) is 0 Å². The van der Waals surface area contributed by atoms with Gasteiger partial charge >= 0.3 is 18.0 Å². The van der Waals surface area contributed by atoms with Crippen LogP contribution in [0.5, 0.6) is 0 Å². The number of alkyl halides is 4. The van der Waals surface area contributed by atoms with Gasteiger partial charge in [-0.05, 0) is 5.56 Å². The molecule has 0 saturated heterocycles. The number of methoxy groups -OCH3 is 2. The maximum atomic E-state index is 14.4. The average Bonchev–Trinajstić information content (AvgIpc) is 3.00. The average molecular weight is 673 g/mol. The lowest BCUT2D eigenvalue weighted by Gasteiger charge is -2.22. The normalized spacial score (nSPS) is 12.3. The molecule has 0 heterocycles. The van der Waals surface area contributed by atoms with Gasteiger partial charge in [0.2, 0.25) is 0 Å². The smallest absolute Gasteiger partial charge is 0.408 e. The van der Waals surface area contributed by atoms with Crippen LogP contribution in [0.3, 0.4) is 0 Å². The van der Waals surface area contributed by atoms with Gasteiger partial charge in [0.25, 0.3) is 11.8 Å². The molecule has 13 heteroatoms. The van der Waals surface area contributed by atoms with E-state index in [1.807, 2.05) is 6.07 Å². The summed E-state index contributed by atoms with van der Waals surface area (Å²) < 4.78 is 69.8. The predicted octanol–water partition coefficient (Wildman–Crippen LogP) is 5.88. The SMILES string of the molecule is Br.COC(=O)[C@@H](N)CC(F)(F)c1ccccc1.COC(=O)[C@H](CC(F)(F)c1ccccc1)NC(=O)OCc1ccccc1. The van der Waals surface area contributed by atoms with Gasteiger partial charge < -0.3 is 25.3 Å². The molecule has 0 aromatic heterocycles. The van der Waals surface area contributed by atoms with Crippen LogP contribution in [0, 0.1) is 0 Å². The molecule has 0 unspecified atom stereocenters. The number of hydrogen-bond donors (Lipinski definition) is 2. The second kappa shape index (κ2) is 17.9. The van der Waals surface area contributed by atoms with E-state index in [1.165, 1.54) is 48.5 Å². The molecule has 0 aliphatic carbocycles. The molecule has 2 atom stereocenters. The Morgan fingerprint density at radius 2 is 1.14 bits per heavy atom. The maximum absolute atomic E-state index is 14.4. The summed E-state index contributed by atoms with van der Waals surface area (Å²) in [4.78, 5) is 34.6. The number of amides is 1. The fourth-order valence-corrected chi connectivity index (χ4v) is 3.61. The number of nitrogens with one attached hydrogen (secondary N) is 1. The highest BCUT2D eigenvalue weighted by Crippen LogP contribution is 2.33. The maximum Gasteiger partial charge on any atom is 0.408 e. The second-order valence-corrected chi connectivity index (χ2v) is 8.96. The lowest BCUT2D eigenvalue weighted by Crippen LogP contribution is -2.44. The molecule has 43 heavy (non-hydrogen) atoms. The molecule has 0 radical (unpaired) electrons. The van der Waals surface area contributed by atoms with E-state index in [4.69, 9.17) is 10.5 Å². The minimum absolute atomic E-state index is 0. The van der Waals surface area contributed by atoms with Crippen molar-refractivity contribution in [3.8, 4) is 0 Å². The zero-order chi connectivity index (χ0) is 31.2. The van der Waals surface area contributed by atoms with Gasteiger partial charge in [0.05, 0.1) is 14.2 Å². The molecule has 3 rings (SSSR count). The minimum atomic E-state index is -3.33. The largest absolute Gasteiger partial charge is 0.468 e. The highest BCUT2D eigenvalue weighted by Gasteiger charge is 2.39. The van der Waals surface area contributed by atoms with E-state index in [1.54, 1.807) is 36.4 Å². The molecular weight excluding hydrogens is 640 g/mol. The Morgan fingerprint density at radius 3 is 1.58 bits per heavy atom. The standard InChI is InChI=1S/C19H19F2NO4.C11H13F2NO2.BrH/c1-25-17(23)16(12-19(20,21)15-10-6-3-7-11-15)22-18(24)26-13-14-8-4-2-5-9-14;1-16-10(15)9(14)7-11(12,13)8-5-3-2-4-6-8;/h2-11,16H,12-13H2,1H3,(H,22,24);2-6,9H,7,14H2,1H3;1H/t16-;9-;/m00./s1. The molecular formula is C30H33BrF4N2O6. The first-order valence-electron chi connectivity index (χ1n) is 12.6. The van der Waals surface area contributed by atoms with Gasteiger partial charge in [-0.1, -0.05) is 91.0 Å². The molecule has 0 spiro atoms. The number of halogens is 5. The molecule has 0 saturated carbocycles. The third kappa shape index (κ3) is 12.4. The molecule has 0 aliphatic heterocycles. The van der Waals surface area contributed by atoms with E-state index in [9.17, 15) is 31.9 Å². The van der Waals surface area contributed by atoms with Crippen LogP contribution in [0.25, 0.3) is 0 Å². The molecule has 0 aliphatic rings. The summed E-state index contributed by atoms with van der Waals surface area (Å²) in [7, 11) is 2.18. The topological polar surface area (TPSA) is 117 Å². The van der Waals surface area contributed by atoms with Crippen LogP contribution in [0.2, 0.25) is 0 Å². The second-order valence-electron chi connectivity index (χ2n) is 8.96. The Kier molecular flexibility index (Phi) is 15.4. The molecule has 1 amide bonds. The van der Waals surface area contributed by atoms with Gasteiger partial charge in [0.1, 0.15) is 18.7 Å². The highest BCUT2D eigenvalue weighted by atomic mass is 79.9. The van der Waals surface area contributed by atoms with Crippen LogP contribution in [0.15, 0.2) is 91.0 Å². The quantitative estimate of drug-likeness (QED) is 0.148. The van der Waals surface area contributed by atoms with E-state index in [0.29, 0.717) is 0 Å². The van der Waals surface area contributed by atoms with Crippen molar-refractivity contribution in [2.75, 3.05) is 14.2 Å². The summed E-state index contributed by atoms with van der Waals surface area (Å²) in [6.07, 6.45) is -2.68. The lowest BCUT2D eigenvalue weighted by atomic mass is 10.0. The van der Waals surface area contributed by atoms with Crippen LogP contribution in [0.1, 0.15) is 29.5 Å². The third-order valence-corrected chi connectivity index (χ3v) is 5.82. The van der Waals surface area contributed by atoms with Gasteiger partial charge in [-0.15, -0.1) is 17.0 Å². The summed E-state index contributed by atoms with van der Waals surface area (Å²) in [6, 6.07) is 20.3. The zero-order valence-corrected chi connectivity index (χ0v) is 25.1. The number of alkyl carbamates (subject to hydrolysis) is 1. The van der Waals surface area contributed by atoms with Gasteiger partial charge in [0, 0.05) is 24.0 Å². The van der Waals surface area contributed by atoms with Gasteiger partial charge in [0.15, 0.2) is 0 Å². The highest BCUT2D eigenvalue weighted by molar-refractivity contribution is 8.93. The Morgan fingerprint density at radius 1 is 0.721 bits per heavy atom. The van der Waals surface area contributed by atoms with Gasteiger partial charge in [-0.3, -0.25) is 4.79 Å². The van der Waals surface area contributed by atoms with Crippen molar-refractivity contribution < 1.29 is 46.2 Å². The first-order valence-corrected chi connectivity index (χ1v) is 12.6. The van der Waals surface area contributed by atoms with Crippen molar-refractivity contribution in [1.82, 2.24) is 5.32 Å². The van der Waals surface area contributed by atoms with Crippen molar-refractivity contribution >= 4 is 35.0 Å². The van der Waals surface area contributed by atoms with Gasteiger partial charge in [-0.25, -0.2) is 27.2 Å². The first-order chi connectivity index (χ1) is 19.9. The van der Waals surface area contributed by atoms with Crippen LogP contribution >= 0.6 is 17.0 Å². The zero-order valence-electron chi connectivity index (χ0n) is 23.4. The molecule has 234 valence electrons. The number of hydrogen-bond acceptors (Lipinski definition) is 7. The Labute approximate surface area is 257 Å². The van der Waals surface area contributed by atoms with Crippen molar-refractivity contribution in [3.05, 3.63) is 108 Å². The number of esters is 2. The summed E-state index contributed by atoms with van der Waals surface area (Å²) in [5, 5.41) is 2.15. The van der Waals surface area contributed by atoms with Gasteiger partial charge in [-0.2, -0.15) is 0 Å². The van der Waals surface area contributed by atoms with Crippen molar-refractivity contribution in [3.63, 3.8) is 0 Å². The number of rotatable bonds is 11. The molecule has 8 nitrogen and oxygen atoms in total. The summed E-state index contributed by atoms with van der Waals surface area (Å²) in [5.41, 5.74) is 5.61. The number of carbonyl (C=O) groups is 3. The lowest BCUT2D eigenvalue weighted by molar-refractivity contribution is -0.146. The predicted molar refractivity (Wildman–Crippen MR) is 156 cm³/mol. The Hall–Kier alpha value is -3.97. The van der Waals surface area contributed by atoms with Crippen LogP contribution < -0.4 is 11.1 Å². The molecule has 0 bridgehead atoms. The molecule has 0 fully saturated rings. The number of ether oxygens (including phenoxy) is 3. The number of carbonyl (C=O) groups excluding carboxylic acids is 3. The van der Waals surface area contributed by atoms with Crippen LogP contribution in [0.4, 0.5) is 22.4 Å². The minimum Gasteiger partial charge on any atom is -0.468 e. The first kappa shape index (κ1) is 37.1. The number of benzene rings is 3. The molecule has 3 aromatic carbocycles. The third-order valence-electron chi connectivity index (χ3n) is 5.82. The van der Waals surface area contributed by atoms with Crippen molar-refractivity contribution in [2.24, 2.45) is 5.73 Å². The fourth-order valence-electron chi connectivity index (χ4n) is 3.61. The molecule has 3 aromatic rings. The molecule has 3 N–H and O–H groups in total. The summed E-state index contributed by atoms with van der Waals surface area (Å²) in [5.74, 6) is -8.27. The van der Waals surface area contributed by atoms with E-state index < -0.39 is 54.8 Å². The van der Waals surface area contributed by atoms with Crippen LogP contribution in [-0.2, 0) is 42.3 Å². The summed E-state index contributed by atoms with van der Waals surface area (Å²) >= 11 is 0.